The minimum absolute atomic E-state index is 0.235. The molecule has 0 saturated carbocycles. The van der Waals surface area contributed by atoms with Gasteiger partial charge >= 0.3 is 6.36 Å². The number of rotatable bonds is 5. The quantitative estimate of drug-likeness (QED) is 0.903. The van der Waals surface area contributed by atoms with Crippen molar-refractivity contribution in [3.8, 4) is 0 Å². The molecule has 0 radical (unpaired) electrons. The third-order valence-electron chi connectivity index (χ3n) is 3.62. The van der Waals surface area contributed by atoms with Gasteiger partial charge in [-0.25, -0.2) is 0 Å². The Balaban J connectivity index is 2.06. The zero-order chi connectivity index (χ0) is 15.3. The molecule has 1 aliphatic rings. The van der Waals surface area contributed by atoms with E-state index in [1.807, 2.05) is 29.2 Å². The zero-order valence-corrected chi connectivity index (χ0v) is 12.1. The highest BCUT2D eigenvalue weighted by molar-refractivity contribution is 5.54. The summed E-state index contributed by atoms with van der Waals surface area (Å²) in [5, 5.41) is 3.47. The first kappa shape index (κ1) is 16.1. The Kier molecular flexibility index (Phi) is 5.47. The lowest BCUT2D eigenvalue weighted by Gasteiger charge is -2.27. The maximum absolute atomic E-state index is 12.1. The molecule has 0 aromatic heterocycles. The van der Waals surface area contributed by atoms with Gasteiger partial charge in [-0.3, -0.25) is 4.74 Å². The van der Waals surface area contributed by atoms with Crippen LogP contribution in [0.25, 0.3) is 0 Å². The van der Waals surface area contributed by atoms with E-state index in [2.05, 4.69) is 17.0 Å². The SMILES string of the molecule is CCCC1CN(CCOC(F)(F)F)c2ccccc2CN1. The summed E-state index contributed by atoms with van der Waals surface area (Å²) < 4.78 is 40.3. The molecule has 21 heavy (non-hydrogen) atoms. The van der Waals surface area contributed by atoms with Gasteiger partial charge in [-0.1, -0.05) is 31.5 Å². The number of nitrogens with zero attached hydrogens (tertiary/aromatic N) is 1. The van der Waals surface area contributed by atoms with Gasteiger partial charge in [0.15, 0.2) is 0 Å². The molecule has 6 heteroatoms. The fourth-order valence-electron chi connectivity index (χ4n) is 2.68. The minimum Gasteiger partial charge on any atom is -0.367 e. The van der Waals surface area contributed by atoms with E-state index < -0.39 is 6.36 Å². The largest absolute Gasteiger partial charge is 0.522 e. The van der Waals surface area contributed by atoms with Crippen molar-refractivity contribution in [1.29, 1.82) is 0 Å². The third-order valence-corrected chi connectivity index (χ3v) is 3.62. The van der Waals surface area contributed by atoms with E-state index in [-0.39, 0.29) is 19.2 Å². The Hall–Kier alpha value is -1.27. The first-order valence-electron chi connectivity index (χ1n) is 7.26. The smallest absolute Gasteiger partial charge is 0.367 e. The summed E-state index contributed by atoms with van der Waals surface area (Å²) in [7, 11) is 0. The van der Waals surface area contributed by atoms with E-state index in [4.69, 9.17) is 0 Å². The highest BCUT2D eigenvalue weighted by atomic mass is 19.4. The second-order valence-electron chi connectivity index (χ2n) is 5.24. The zero-order valence-electron chi connectivity index (χ0n) is 12.1. The summed E-state index contributed by atoms with van der Waals surface area (Å²) >= 11 is 0. The van der Waals surface area contributed by atoms with Crippen LogP contribution in [0.1, 0.15) is 25.3 Å². The summed E-state index contributed by atoms with van der Waals surface area (Å²) in [5.74, 6) is 0. The minimum atomic E-state index is -4.56. The Bertz CT molecular complexity index is 451. The first-order chi connectivity index (χ1) is 9.99. The molecule has 0 fully saturated rings. The second-order valence-corrected chi connectivity index (χ2v) is 5.24. The Morgan fingerprint density at radius 2 is 2.10 bits per heavy atom. The summed E-state index contributed by atoms with van der Waals surface area (Å²) in [6.07, 6.45) is -2.52. The van der Waals surface area contributed by atoms with Crippen LogP contribution < -0.4 is 10.2 Å². The number of ether oxygens (including phenoxy) is 1. The van der Waals surface area contributed by atoms with Crippen LogP contribution in [0.3, 0.4) is 0 Å². The molecule has 1 heterocycles. The number of fused-ring (bicyclic) bond motifs is 1. The van der Waals surface area contributed by atoms with E-state index in [1.54, 1.807) is 0 Å². The predicted octanol–water partition coefficient (Wildman–Crippen LogP) is 3.30. The summed E-state index contributed by atoms with van der Waals surface area (Å²) in [4.78, 5) is 1.99. The number of hydrogen-bond donors (Lipinski definition) is 1. The maximum atomic E-state index is 12.1. The van der Waals surface area contributed by atoms with Crippen LogP contribution in [0.2, 0.25) is 0 Å². The van der Waals surface area contributed by atoms with E-state index in [1.165, 1.54) is 0 Å². The molecule has 1 unspecified atom stereocenters. The van der Waals surface area contributed by atoms with Gasteiger partial charge in [0.05, 0.1) is 6.61 Å². The van der Waals surface area contributed by atoms with Crippen LogP contribution in [0, 0.1) is 0 Å². The van der Waals surface area contributed by atoms with Crippen LogP contribution in [0.5, 0.6) is 0 Å². The molecule has 1 aromatic rings. The van der Waals surface area contributed by atoms with Gasteiger partial charge < -0.3 is 10.2 Å². The molecule has 0 amide bonds. The van der Waals surface area contributed by atoms with Gasteiger partial charge in [0.1, 0.15) is 0 Å². The average Bonchev–Trinajstić information content (AvgIpc) is 2.59. The number of alkyl halides is 3. The lowest BCUT2D eigenvalue weighted by atomic mass is 10.1. The summed E-state index contributed by atoms with van der Waals surface area (Å²) in [6.45, 7) is 3.44. The first-order valence-corrected chi connectivity index (χ1v) is 7.26. The molecule has 0 aliphatic carbocycles. The lowest BCUT2D eigenvalue weighted by molar-refractivity contribution is -0.323. The second kappa shape index (κ2) is 7.13. The summed E-state index contributed by atoms with van der Waals surface area (Å²) in [5.41, 5.74) is 2.11. The molecular weight excluding hydrogens is 281 g/mol. The maximum Gasteiger partial charge on any atom is 0.522 e. The topological polar surface area (TPSA) is 24.5 Å². The standard InChI is InChI=1S/C15H21F3N2O/c1-2-5-13-11-20(8-9-21-15(16,17)18)14-7-4-3-6-12(14)10-19-13/h3-4,6-7,13,19H,2,5,8-11H2,1H3. The number of anilines is 1. The van der Waals surface area contributed by atoms with Crippen LogP contribution in [0.15, 0.2) is 24.3 Å². The van der Waals surface area contributed by atoms with Gasteiger partial charge in [-0.05, 0) is 18.1 Å². The normalized spacial score (nSPS) is 19.2. The molecule has 0 bridgehead atoms. The molecule has 1 aliphatic heterocycles. The molecule has 0 saturated heterocycles. The Morgan fingerprint density at radius 3 is 2.81 bits per heavy atom. The molecule has 118 valence electrons. The number of benzene rings is 1. The van der Waals surface area contributed by atoms with Crippen molar-refractivity contribution in [1.82, 2.24) is 5.32 Å². The highest BCUT2D eigenvalue weighted by Crippen LogP contribution is 2.24. The molecule has 1 N–H and O–H groups in total. The molecule has 1 aromatic carbocycles. The van der Waals surface area contributed by atoms with Gasteiger partial charge in [0.25, 0.3) is 0 Å². The average molecular weight is 302 g/mol. The molecular formula is C15H21F3N2O. The highest BCUT2D eigenvalue weighted by Gasteiger charge is 2.29. The molecule has 3 nitrogen and oxygen atoms in total. The van der Waals surface area contributed by atoms with Crippen LogP contribution in [-0.2, 0) is 11.3 Å². The Morgan fingerprint density at radius 1 is 1.33 bits per heavy atom. The van der Waals surface area contributed by atoms with Crippen molar-refractivity contribution in [2.45, 2.75) is 38.7 Å². The van der Waals surface area contributed by atoms with E-state index in [0.717, 1.165) is 30.6 Å². The van der Waals surface area contributed by atoms with E-state index >= 15 is 0 Å². The monoisotopic (exact) mass is 302 g/mol. The third kappa shape index (κ3) is 4.89. The molecule has 0 spiro atoms. The number of halogens is 3. The van der Waals surface area contributed by atoms with Crippen LogP contribution in [0.4, 0.5) is 18.9 Å². The number of hydrogen-bond acceptors (Lipinski definition) is 3. The van der Waals surface area contributed by atoms with Gasteiger partial charge in [0, 0.05) is 31.4 Å². The number of para-hydroxylation sites is 1. The molecule has 2 rings (SSSR count). The Labute approximate surface area is 123 Å². The fraction of sp³-hybridized carbons (Fsp3) is 0.600. The van der Waals surface area contributed by atoms with Crippen molar-refractivity contribution in [2.24, 2.45) is 0 Å². The van der Waals surface area contributed by atoms with Gasteiger partial charge in [-0.2, -0.15) is 0 Å². The molecule has 1 atom stereocenters. The van der Waals surface area contributed by atoms with Crippen molar-refractivity contribution in [3.63, 3.8) is 0 Å². The van der Waals surface area contributed by atoms with Crippen molar-refractivity contribution in [2.75, 3.05) is 24.6 Å². The van der Waals surface area contributed by atoms with Crippen molar-refractivity contribution < 1.29 is 17.9 Å². The summed E-state index contributed by atoms with van der Waals surface area (Å²) in [6, 6.07) is 8.11. The van der Waals surface area contributed by atoms with E-state index in [9.17, 15) is 13.2 Å². The number of nitrogens with one attached hydrogen (secondary N) is 1. The van der Waals surface area contributed by atoms with E-state index in [0.29, 0.717) is 6.54 Å². The predicted molar refractivity (Wildman–Crippen MR) is 76.2 cm³/mol. The fourth-order valence-corrected chi connectivity index (χ4v) is 2.68. The van der Waals surface area contributed by atoms with Crippen LogP contribution >= 0.6 is 0 Å². The van der Waals surface area contributed by atoms with Crippen molar-refractivity contribution in [3.05, 3.63) is 29.8 Å². The van der Waals surface area contributed by atoms with Gasteiger partial charge in [-0.15, -0.1) is 13.2 Å². The van der Waals surface area contributed by atoms with Crippen molar-refractivity contribution >= 4 is 5.69 Å². The van der Waals surface area contributed by atoms with Gasteiger partial charge in [0.2, 0.25) is 0 Å². The lowest BCUT2D eigenvalue weighted by Crippen LogP contribution is -2.40. The van der Waals surface area contributed by atoms with Crippen LogP contribution in [-0.4, -0.2) is 32.1 Å².